The number of rotatable bonds is 6. The number of halogens is 1. The first-order chi connectivity index (χ1) is 16.0. The molecule has 0 N–H and O–H groups in total. The van der Waals surface area contributed by atoms with Gasteiger partial charge in [0.05, 0.1) is 36.6 Å². The van der Waals surface area contributed by atoms with E-state index in [-0.39, 0.29) is 18.2 Å². The van der Waals surface area contributed by atoms with Crippen molar-refractivity contribution in [3.63, 3.8) is 0 Å². The number of aryl methyl sites for hydroxylation is 1. The second kappa shape index (κ2) is 8.83. The van der Waals surface area contributed by atoms with E-state index in [2.05, 4.69) is 15.3 Å². The molecule has 168 valence electrons. The van der Waals surface area contributed by atoms with Gasteiger partial charge in [-0.05, 0) is 61.6 Å². The molecule has 0 bridgehead atoms. The van der Waals surface area contributed by atoms with E-state index in [1.165, 1.54) is 0 Å². The lowest BCUT2D eigenvalue weighted by Gasteiger charge is -2.24. The van der Waals surface area contributed by atoms with Gasteiger partial charge in [-0.1, -0.05) is 35.0 Å². The van der Waals surface area contributed by atoms with Gasteiger partial charge in [0.1, 0.15) is 5.75 Å². The SMILES string of the molecule is COc1cc(CC(=O)c2nnn3c2CCC[C@@H]3c2ccc(Cl)cc2)ccc1-n1cnc(C)c1. The third-order valence-corrected chi connectivity index (χ3v) is 6.35. The number of Topliss-reactive ketones (excluding diaryl/α,β-unsaturated/α-hetero) is 1. The highest BCUT2D eigenvalue weighted by atomic mass is 35.5. The average Bonchev–Trinajstić information content (AvgIpc) is 3.46. The molecule has 0 radical (unpaired) electrons. The summed E-state index contributed by atoms with van der Waals surface area (Å²) in [4.78, 5) is 17.5. The highest BCUT2D eigenvalue weighted by molar-refractivity contribution is 6.30. The Labute approximate surface area is 197 Å². The van der Waals surface area contributed by atoms with Crippen LogP contribution >= 0.6 is 11.6 Å². The zero-order valence-electron chi connectivity index (χ0n) is 18.5. The fourth-order valence-corrected chi connectivity index (χ4v) is 4.58. The number of ketones is 1. The molecule has 5 rings (SSSR count). The Kier molecular flexibility index (Phi) is 5.72. The van der Waals surface area contributed by atoms with E-state index in [1.807, 2.05) is 64.8 Å². The van der Waals surface area contributed by atoms with Gasteiger partial charge in [-0.15, -0.1) is 5.10 Å². The van der Waals surface area contributed by atoms with E-state index in [4.69, 9.17) is 16.3 Å². The summed E-state index contributed by atoms with van der Waals surface area (Å²) >= 11 is 6.05. The number of benzene rings is 2. The van der Waals surface area contributed by atoms with Crippen LogP contribution in [0.1, 0.15) is 51.9 Å². The van der Waals surface area contributed by atoms with Gasteiger partial charge in [-0.3, -0.25) is 4.79 Å². The van der Waals surface area contributed by atoms with Crippen molar-refractivity contribution in [2.75, 3.05) is 7.11 Å². The smallest absolute Gasteiger partial charge is 0.189 e. The Balaban J connectivity index is 1.39. The molecule has 0 saturated carbocycles. The van der Waals surface area contributed by atoms with Gasteiger partial charge in [-0.25, -0.2) is 9.67 Å². The maximum atomic E-state index is 13.2. The predicted octanol–water partition coefficient (Wildman–Crippen LogP) is 4.79. The Morgan fingerprint density at radius 2 is 2.03 bits per heavy atom. The fourth-order valence-electron chi connectivity index (χ4n) is 4.46. The molecule has 8 heteroatoms. The number of methoxy groups -OCH3 is 1. The molecule has 4 aromatic rings. The first kappa shape index (κ1) is 21.4. The van der Waals surface area contributed by atoms with Crippen LogP contribution in [0.5, 0.6) is 5.75 Å². The molecule has 1 atom stereocenters. The van der Waals surface area contributed by atoms with Crippen molar-refractivity contribution in [2.24, 2.45) is 0 Å². The Morgan fingerprint density at radius 1 is 1.21 bits per heavy atom. The molecular formula is C25H24ClN5O2. The molecule has 1 aliphatic heterocycles. The van der Waals surface area contributed by atoms with Crippen LogP contribution < -0.4 is 4.74 Å². The van der Waals surface area contributed by atoms with Crippen molar-refractivity contribution < 1.29 is 9.53 Å². The summed E-state index contributed by atoms with van der Waals surface area (Å²) in [6.45, 7) is 1.94. The number of imidazole rings is 1. The summed E-state index contributed by atoms with van der Waals surface area (Å²) in [7, 11) is 1.63. The summed E-state index contributed by atoms with van der Waals surface area (Å²) in [6.07, 6.45) is 6.64. The van der Waals surface area contributed by atoms with Gasteiger partial charge in [0.2, 0.25) is 0 Å². The van der Waals surface area contributed by atoms with Crippen LogP contribution in [0.25, 0.3) is 5.69 Å². The van der Waals surface area contributed by atoms with Crippen molar-refractivity contribution >= 4 is 17.4 Å². The molecule has 2 aromatic carbocycles. The summed E-state index contributed by atoms with van der Waals surface area (Å²) in [5.41, 5.74) is 5.15. The van der Waals surface area contributed by atoms with Crippen LogP contribution in [0.2, 0.25) is 5.02 Å². The topological polar surface area (TPSA) is 74.8 Å². The minimum atomic E-state index is -0.0405. The molecule has 0 spiro atoms. The van der Waals surface area contributed by atoms with Crippen LogP contribution in [-0.2, 0) is 12.8 Å². The zero-order valence-corrected chi connectivity index (χ0v) is 19.3. The molecule has 0 saturated heterocycles. The molecule has 0 amide bonds. The molecular weight excluding hydrogens is 438 g/mol. The number of carbonyl (C=O) groups is 1. The maximum Gasteiger partial charge on any atom is 0.189 e. The number of hydrogen-bond donors (Lipinski definition) is 0. The van der Waals surface area contributed by atoms with Gasteiger partial charge in [-0.2, -0.15) is 0 Å². The minimum absolute atomic E-state index is 0.0405. The normalized spacial score (nSPS) is 15.3. The number of fused-ring (bicyclic) bond motifs is 1. The fraction of sp³-hybridized carbons (Fsp3) is 0.280. The minimum Gasteiger partial charge on any atom is -0.495 e. The molecule has 0 fully saturated rings. The summed E-state index contributed by atoms with van der Waals surface area (Å²) < 4.78 is 9.40. The predicted molar refractivity (Wildman–Crippen MR) is 125 cm³/mol. The van der Waals surface area contributed by atoms with Crippen LogP contribution in [0.15, 0.2) is 55.0 Å². The van der Waals surface area contributed by atoms with Crippen LogP contribution in [-0.4, -0.2) is 37.4 Å². The summed E-state index contributed by atoms with van der Waals surface area (Å²) in [6, 6.07) is 13.7. The van der Waals surface area contributed by atoms with E-state index in [1.54, 1.807) is 13.4 Å². The Hall–Kier alpha value is -3.45. The monoisotopic (exact) mass is 461 g/mol. The molecule has 0 unspecified atom stereocenters. The number of carbonyl (C=O) groups excluding carboxylic acids is 1. The van der Waals surface area contributed by atoms with E-state index in [0.717, 1.165) is 47.5 Å². The Bertz CT molecular complexity index is 1310. The van der Waals surface area contributed by atoms with Gasteiger partial charge >= 0.3 is 0 Å². The quantitative estimate of drug-likeness (QED) is 0.386. The third kappa shape index (κ3) is 4.16. The summed E-state index contributed by atoms with van der Waals surface area (Å²) in [5, 5.41) is 9.36. The number of nitrogens with zero attached hydrogens (tertiary/aromatic N) is 5. The lowest BCUT2D eigenvalue weighted by Crippen LogP contribution is -2.21. The van der Waals surface area contributed by atoms with E-state index >= 15 is 0 Å². The van der Waals surface area contributed by atoms with E-state index in [9.17, 15) is 4.79 Å². The number of ether oxygens (including phenoxy) is 1. The van der Waals surface area contributed by atoms with E-state index in [0.29, 0.717) is 16.5 Å². The van der Waals surface area contributed by atoms with Crippen molar-refractivity contribution in [2.45, 2.75) is 38.6 Å². The Morgan fingerprint density at radius 3 is 2.76 bits per heavy atom. The van der Waals surface area contributed by atoms with E-state index < -0.39 is 0 Å². The molecule has 1 aliphatic rings. The lowest BCUT2D eigenvalue weighted by atomic mass is 9.94. The highest BCUT2D eigenvalue weighted by Crippen LogP contribution is 2.32. The zero-order chi connectivity index (χ0) is 22.9. The van der Waals surface area contributed by atoms with Crippen molar-refractivity contribution in [3.8, 4) is 11.4 Å². The van der Waals surface area contributed by atoms with Crippen LogP contribution in [0.3, 0.4) is 0 Å². The largest absolute Gasteiger partial charge is 0.495 e. The highest BCUT2D eigenvalue weighted by Gasteiger charge is 2.28. The molecule has 3 heterocycles. The van der Waals surface area contributed by atoms with Crippen molar-refractivity contribution in [3.05, 3.63) is 88.2 Å². The van der Waals surface area contributed by atoms with Crippen LogP contribution in [0.4, 0.5) is 0 Å². The third-order valence-electron chi connectivity index (χ3n) is 6.09. The first-order valence-corrected chi connectivity index (χ1v) is 11.3. The van der Waals surface area contributed by atoms with Gasteiger partial charge in [0, 0.05) is 17.6 Å². The molecule has 0 aliphatic carbocycles. The number of aromatic nitrogens is 5. The van der Waals surface area contributed by atoms with Crippen molar-refractivity contribution in [1.29, 1.82) is 0 Å². The standard InChI is InChI=1S/C25H24ClN5O2/c1-16-14-30(15-27-16)21-11-6-17(13-24(21)33-2)12-23(32)25-22-5-3-4-20(31(22)29-28-25)18-7-9-19(26)10-8-18/h6-11,13-15,20H,3-5,12H2,1-2H3/t20-/m1/s1. The van der Waals surface area contributed by atoms with Crippen LogP contribution in [0, 0.1) is 6.92 Å². The summed E-state index contributed by atoms with van der Waals surface area (Å²) in [5.74, 6) is 0.645. The van der Waals surface area contributed by atoms with Gasteiger partial charge < -0.3 is 9.30 Å². The maximum absolute atomic E-state index is 13.2. The molecule has 7 nitrogen and oxygen atoms in total. The lowest BCUT2D eigenvalue weighted by molar-refractivity contribution is 0.0987. The van der Waals surface area contributed by atoms with Gasteiger partial charge in [0.25, 0.3) is 0 Å². The molecule has 33 heavy (non-hydrogen) atoms. The average molecular weight is 462 g/mol. The van der Waals surface area contributed by atoms with Crippen molar-refractivity contribution in [1.82, 2.24) is 24.5 Å². The molecule has 2 aromatic heterocycles. The first-order valence-electron chi connectivity index (χ1n) is 10.9. The number of hydrogen-bond acceptors (Lipinski definition) is 5. The van der Waals surface area contributed by atoms with Gasteiger partial charge in [0.15, 0.2) is 11.5 Å². The second-order valence-electron chi connectivity index (χ2n) is 8.32. The second-order valence-corrected chi connectivity index (χ2v) is 8.75.